The third-order valence-corrected chi connectivity index (χ3v) is 16.8. The zero-order valence-corrected chi connectivity index (χ0v) is 42.5. The molecule has 0 saturated carbocycles. The van der Waals surface area contributed by atoms with Gasteiger partial charge in [0, 0.05) is 142 Å². The number of aromatic nitrogens is 5. The molecule has 15 rings (SSSR count). The van der Waals surface area contributed by atoms with E-state index < -0.39 is 0 Å². The molecule has 5 nitrogen and oxygen atoms in total. The van der Waals surface area contributed by atoms with Gasteiger partial charge in [-0.15, -0.1) is 0 Å². The summed E-state index contributed by atoms with van der Waals surface area (Å²) in [4.78, 5) is 0. The van der Waals surface area contributed by atoms with Gasteiger partial charge in [-0.3, -0.25) is 0 Å². The van der Waals surface area contributed by atoms with E-state index in [0.29, 0.717) is 0 Å². The number of benzene rings is 10. The average Bonchev–Trinajstić information content (AvgIpc) is 4.23. The third kappa shape index (κ3) is 5.92. The number of aryl methyl sites for hydroxylation is 5. The molecule has 0 atom stereocenters. The summed E-state index contributed by atoms with van der Waals surface area (Å²) in [6.45, 7) is 12.6. The van der Waals surface area contributed by atoms with Crippen LogP contribution in [0, 0.1) is 0 Å². The molecule has 10 aromatic carbocycles. The summed E-state index contributed by atoms with van der Waals surface area (Å²) in [6, 6.07) is 74.1. The first kappa shape index (κ1) is 42.8. The summed E-state index contributed by atoms with van der Waals surface area (Å²) in [5.41, 5.74) is 22.4. The van der Waals surface area contributed by atoms with Gasteiger partial charge >= 0.3 is 0 Å². The fraction of sp³-hybridized carbons (Fsp3) is 0.130. The van der Waals surface area contributed by atoms with E-state index in [4.69, 9.17) is 0 Å². The van der Waals surface area contributed by atoms with Gasteiger partial charge in [-0.25, -0.2) is 0 Å². The Labute approximate surface area is 429 Å². The molecule has 0 unspecified atom stereocenters. The molecule has 0 aliphatic carbocycles. The van der Waals surface area contributed by atoms with Crippen molar-refractivity contribution >= 4 is 109 Å². The van der Waals surface area contributed by atoms with E-state index in [1.807, 2.05) is 0 Å². The van der Waals surface area contributed by atoms with Gasteiger partial charge in [0.2, 0.25) is 0 Å². The van der Waals surface area contributed by atoms with Crippen LogP contribution in [0.3, 0.4) is 0 Å². The Hall–Kier alpha value is -8.80. The second kappa shape index (κ2) is 16.1. The van der Waals surface area contributed by atoms with Crippen LogP contribution in [0.1, 0.15) is 27.7 Å². The third-order valence-electron chi connectivity index (χ3n) is 16.8. The molecule has 0 bridgehead atoms. The molecule has 0 fully saturated rings. The van der Waals surface area contributed by atoms with E-state index in [1.54, 1.807) is 0 Å². The standard InChI is InChI=1S/C69H55N5/c1-6-71-60-22-14-10-18-48(60)52-30-26-42(38-64(52)71)46-34-56(44-28-32-54-50-20-12-16-24-62(50)73(8-3)66(54)40-44)68-58(36-46)59-37-47(43-27-31-53-49-19-11-15-23-61(49)72(7-2)65(53)39-43)35-57(69(59)70(68)5)45-29-33-55-51-21-13-17-25-63(51)74(9-4)67(55)41-45/h10-41H,6-9H2,1-5H3. The molecule has 5 heterocycles. The number of nitrogens with zero attached hydrogens (tertiary/aromatic N) is 5. The summed E-state index contributed by atoms with van der Waals surface area (Å²) in [5.74, 6) is 0. The quantitative estimate of drug-likeness (QED) is 0.145. The van der Waals surface area contributed by atoms with Gasteiger partial charge in [0.05, 0.1) is 11.0 Å². The Kier molecular flexibility index (Phi) is 9.32. The van der Waals surface area contributed by atoms with Gasteiger partial charge in [-0.2, -0.15) is 0 Å². The SMILES string of the molecule is CCn1c2ccccc2c2ccc(-c3cc(-c4ccc5c6ccccc6n(CC)c5c4)c4c(c3)c3cc(-c5ccc6c7ccccc7n(CC)c6c5)cc(-c5ccc6c7ccccc7n(CC)c6c5)c3n4C)cc21. The van der Waals surface area contributed by atoms with Crippen molar-refractivity contribution in [1.82, 2.24) is 22.8 Å². The van der Waals surface area contributed by atoms with Crippen molar-refractivity contribution in [3.8, 4) is 44.5 Å². The molecule has 0 amide bonds. The topological polar surface area (TPSA) is 24.6 Å². The molecule has 0 spiro atoms. The van der Waals surface area contributed by atoms with E-state index >= 15 is 0 Å². The Morgan fingerprint density at radius 1 is 0.243 bits per heavy atom. The molecule has 15 aromatic rings. The minimum Gasteiger partial charge on any atom is -0.343 e. The van der Waals surface area contributed by atoms with Crippen molar-refractivity contribution < 1.29 is 0 Å². The first-order valence-electron chi connectivity index (χ1n) is 26.6. The number of para-hydroxylation sites is 4. The average molecular weight is 954 g/mol. The second-order valence-electron chi connectivity index (χ2n) is 20.4. The minimum absolute atomic E-state index is 0.890. The van der Waals surface area contributed by atoms with Gasteiger partial charge in [0.25, 0.3) is 0 Å². The Balaban J connectivity index is 1.06. The molecule has 356 valence electrons. The zero-order valence-electron chi connectivity index (χ0n) is 42.5. The van der Waals surface area contributed by atoms with Crippen LogP contribution in [0.2, 0.25) is 0 Å². The summed E-state index contributed by atoms with van der Waals surface area (Å²) in [6.07, 6.45) is 0. The lowest BCUT2D eigenvalue weighted by atomic mass is 9.92. The fourth-order valence-corrected chi connectivity index (χ4v) is 13.5. The summed E-state index contributed by atoms with van der Waals surface area (Å²) in [5, 5.41) is 12.9. The van der Waals surface area contributed by atoms with Crippen molar-refractivity contribution in [2.45, 2.75) is 53.9 Å². The Morgan fingerprint density at radius 3 is 0.824 bits per heavy atom. The van der Waals surface area contributed by atoms with Crippen LogP contribution in [0.25, 0.3) is 154 Å². The van der Waals surface area contributed by atoms with Crippen molar-refractivity contribution in [3.63, 3.8) is 0 Å². The van der Waals surface area contributed by atoms with Crippen LogP contribution >= 0.6 is 0 Å². The second-order valence-corrected chi connectivity index (χ2v) is 20.4. The lowest BCUT2D eigenvalue weighted by Crippen LogP contribution is -1.96. The molecule has 0 radical (unpaired) electrons. The van der Waals surface area contributed by atoms with Crippen LogP contribution in [0.4, 0.5) is 0 Å². The molecule has 0 N–H and O–H groups in total. The smallest absolute Gasteiger partial charge is 0.0569 e. The largest absolute Gasteiger partial charge is 0.343 e. The number of fused-ring (bicyclic) bond motifs is 15. The predicted molar refractivity (Wildman–Crippen MR) is 317 cm³/mol. The Bertz CT molecular complexity index is 4540. The van der Waals surface area contributed by atoms with Crippen LogP contribution in [0.15, 0.2) is 194 Å². The lowest BCUT2D eigenvalue weighted by molar-refractivity contribution is 0.827. The van der Waals surface area contributed by atoms with Crippen molar-refractivity contribution in [2.75, 3.05) is 0 Å². The zero-order chi connectivity index (χ0) is 49.5. The highest BCUT2D eigenvalue weighted by Crippen LogP contribution is 2.47. The molecular formula is C69H55N5. The van der Waals surface area contributed by atoms with E-state index in [2.05, 4.69) is 252 Å². The highest BCUT2D eigenvalue weighted by Gasteiger charge is 2.23. The summed E-state index contributed by atoms with van der Waals surface area (Å²) < 4.78 is 12.4. The maximum absolute atomic E-state index is 2.51. The molecule has 5 aromatic heterocycles. The molecule has 0 aliphatic rings. The monoisotopic (exact) mass is 953 g/mol. The summed E-state index contributed by atoms with van der Waals surface area (Å²) >= 11 is 0. The number of hydrogen-bond acceptors (Lipinski definition) is 0. The van der Waals surface area contributed by atoms with Crippen LogP contribution in [-0.4, -0.2) is 22.8 Å². The lowest BCUT2D eigenvalue weighted by Gasteiger charge is -2.13. The number of rotatable bonds is 8. The van der Waals surface area contributed by atoms with Gasteiger partial charge in [-0.1, -0.05) is 121 Å². The predicted octanol–water partition coefficient (Wildman–Crippen LogP) is 18.5. The maximum atomic E-state index is 2.51. The first-order valence-corrected chi connectivity index (χ1v) is 26.6. The maximum Gasteiger partial charge on any atom is 0.0569 e. The highest BCUT2D eigenvalue weighted by molar-refractivity contribution is 6.21. The fourth-order valence-electron chi connectivity index (χ4n) is 13.5. The summed E-state index contributed by atoms with van der Waals surface area (Å²) in [7, 11) is 2.30. The van der Waals surface area contributed by atoms with Crippen molar-refractivity contribution in [2.24, 2.45) is 7.05 Å². The molecule has 0 saturated heterocycles. The first-order chi connectivity index (χ1) is 36.4. The van der Waals surface area contributed by atoms with Crippen LogP contribution in [0.5, 0.6) is 0 Å². The highest BCUT2D eigenvalue weighted by atomic mass is 15.0. The molecule has 74 heavy (non-hydrogen) atoms. The minimum atomic E-state index is 0.890. The Morgan fingerprint density at radius 2 is 0.514 bits per heavy atom. The van der Waals surface area contributed by atoms with Gasteiger partial charge in [0.1, 0.15) is 0 Å². The molecule has 0 aliphatic heterocycles. The van der Waals surface area contributed by atoms with Crippen LogP contribution < -0.4 is 0 Å². The van der Waals surface area contributed by atoms with Crippen LogP contribution in [-0.2, 0) is 33.2 Å². The number of hydrogen-bond donors (Lipinski definition) is 0. The van der Waals surface area contributed by atoms with E-state index in [0.717, 1.165) is 26.2 Å². The molecular weight excluding hydrogens is 899 g/mol. The normalized spacial score (nSPS) is 12.3. The van der Waals surface area contributed by atoms with Crippen molar-refractivity contribution in [1.29, 1.82) is 0 Å². The van der Waals surface area contributed by atoms with E-state index in [-0.39, 0.29) is 0 Å². The van der Waals surface area contributed by atoms with Gasteiger partial charge in [-0.05, 0) is 134 Å². The molecule has 5 heteroatoms. The van der Waals surface area contributed by atoms with Gasteiger partial charge < -0.3 is 22.8 Å². The van der Waals surface area contributed by atoms with E-state index in [9.17, 15) is 0 Å². The van der Waals surface area contributed by atoms with Crippen molar-refractivity contribution in [3.05, 3.63) is 194 Å². The van der Waals surface area contributed by atoms with E-state index in [1.165, 1.54) is 154 Å². The van der Waals surface area contributed by atoms with Gasteiger partial charge in [0.15, 0.2) is 0 Å².